The summed E-state index contributed by atoms with van der Waals surface area (Å²) in [6.45, 7) is 2.06. The molecular formula is C19H25F6N3O4. The van der Waals surface area contributed by atoms with Gasteiger partial charge in [-0.3, -0.25) is 5.41 Å². The van der Waals surface area contributed by atoms with Crippen LogP contribution in [0.5, 0.6) is 0 Å². The van der Waals surface area contributed by atoms with E-state index in [2.05, 4.69) is 36.5 Å². The minimum atomic E-state index is -5.08. The number of carbonyl (C=O) groups is 2. The first-order chi connectivity index (χ1) is 14.6. The third-order valence-corrected chi connectivity index (χ3v) is 4.22. The molecule has 7 nitrogen and oxygen atoms in total. The van der Waals surface area contributed by atoms with Gasteiger partial charge in [0.15, 0.2) is 0 Å². The summed E-state index contributed by atoms with van der Waals surface area (Å²) >= 11 is 0. The Kier molecular flexibility index (Phi) is 11.7. The molecular weight excluding hydrogens is 448 g/mol. The van der Waals surface area contributed by atoms with Gasteiger partial charge in [0.05, 0.1) is 5.84 Å². The van der Waals surface area contributed by atoms with Gasteiger partial charge < -0.3 is 21.3 Å². The molecule has 0 amide bonds. The molecule has 1 heterocycles. The summed E-state index contributed by atoms with van der Waals surface area (Å²) in [6.07, 6.45) is -5.90. The van der Waals surface area contributed by atoms with Gasteiger partial charge in [-0.25, -0.2) is 9.59 Å². The van der Waals surface area contributed by atoms with Crippen LogP contribution in [0, 0.1) is 5.41 Å². The van der Waals surface area contributed by atoms with E-state index in [1.165, 1.54) is 12.0 Å². The van der Waals surface area contributed by atoms with Crippen molar-refractivity contribution >= 4 is 17.8 Å². The largest absolute Gasteiger partial charge is 0.490 e. The predicted molar refractivity (Wildman–Crippen MR) is 103 cm³/mol. The molecule has 1 aromatic rings. The van der Waals surface area contributed by atoms with E-state index >= 15 is 0 Å². The fourth-order valence-corrected chi connectivity index (χ4v) is 2.88. The average molecular weight is 473 g/mol. The van der Waals surface area contributed by atoms with Crippen LogP contribution in [0.3, 0.4) is 0 Å². The molecule has 1 aliphatic heterocycles. The summed E-state index contributed by atoms with van der Waals surface area (Å²) < 4.78 is 63.5. The highest BCUT2D eigenvalue weighted by Crippen LogP contribution is 2.27. The van der Waals surface area contributed by atoms with Crippen molar-refractivity contribution < 1.29 is 46.1 Å². The number of nitrogens with one attached hydrogen (secondary N) is 2. The number of aliphatic carboxylic acids is 2. The van der Waals surface area contributed by atoms with Gasteiger partial charge in [0.25, 0.3) is 0 Å². The van der Waals surface area contributed by atoms with E-state index in [0.29, 0.717) is 11.9 Å². The van der Waals surface area contributed by atoms with E-state index in [1.807, 2.05) is 6.07 Å². The Balaban J connectivity index is 0.000000570. The number of amidine groups is 1. The van der Waals surface area contributed by atoms with Gasteiger partial charge in [0, 0.05) is 24.4 Å². The van der Waals surface area contributed by atoms with Crippen LogP contribution in [-0.4, -0.2) is 52.4 Å². The van der Waals surface area contributed by atoms with Crippen LogP contribution in [-0.2, 0) is 9.59 Å². The number of rotatable bonds is 3. The average Bonchev–Trinajstić information content (AvgIpc) is 2.86. The molecule has 13 heteroatoms. The molecule has 1 aromatic carbocycles. The number of carboxylic acid groups (broad SMARTS) is 2. The van der Waals surface area contributed by atoms with Crippen molar-refractivity contribution in [3.63, 3.8) is 0 Å². The summed E-state index contributed by atoms with van der Waals surface area (Å²) in [6, 6.07) is 10.8. The highest BCUT2D eigenvalue weighted by atomic mass is 19.4. The number of halogens is 6. The van der Waals surface area contributed by atoms with Crippen molar-refractivity contribution in [3.8, 4) is 0 Å². The lowest BCUT2D eigenvalue weighted by molar-refractivity contribution is -0.193. The van der Waals surface area contributed by atoms with Gasteiger partial charge in [0.2, 0.25) is 0 Å². The second kappa shape index (κ2) is 12.9. The van der Waals surface area contributed by atoms with Crippen LogP contribution in [0.2, 0.25) is 0 Å². The normalized spacial score (nSPS) is 18.4. The fraction of sp³-hybridized carbons (Fsp3) is 0.526. The Morgan fingerprint density at radius 2 is 1.47 bits per heavy atom. The summed E-state index contributed by atoms with van der Waals surface area (Å²) in [5.41, 5.74) is 7.46. The molecule has 1 saturated heterocycles. The van der Waals surface area contributed by atoms with Crippen molar-refractivity contribution in [1.82, 2.24) is 5.32 Å². The van der Waals surface area contributed by atoms with Crippen molar-refractivity contribution in [1.29, 1.82) is 5.41 Å². The summed E-state index contributed by atoms with van der Waals surface area (Å²) in [5.74, 6) is -4.57. The van der Waals surface area contributed by atoms with E-state index < -0.39 is 24.3 Å². The van der Waals surface area contributed by atoms with Gasteiger partial charge in [-0.15, -0.1) is 0 Å². The molecule has 0 radical (unpaired) electrons. The SMILES string of the molecule is CC(N)C(c1ccccc1)C1CCCCC(=N)N1.O=C(O)C(F)(F)F.O=C(O)C(F)(F)F. The quantitative estimate of drug-likeness (QED) is 0.423. The minimum absolute atomic E-state index is 0.0933. The first-order valence-electron chi connectivity index (χ1n) is 9.32. The molecule has 0 bridgehead atoms. The van der Waals surface area contributed by atoms with Crippen LogP contribution in [0.4, 0.5) is 26.3 Å². The van der Waals surface area contributed by atoms with E-state index in [1.54, 1.807) is 0 Å². The second-order valence-electron chi connectivity index (χ2n) is 6.88. The van der Waals surface area contributed by atoms with Crippen molar-refractivity contribution in [2.24, 2.45) is 5.73 Å². The first kappa shape index (κ1) is 29.2. The molecule has 0 aromatic heterocycles. The first-order valence-corrected chi connectivity index (χ1v) is 9.32. The molecule has 1 aliphatic rings. The van der Waals surface area contributed by atoms with Crippen molar-refractivity contribution in [2.45, 2.75) is 63.0 Å². The molecule has 0 saturated carbocycles. The lowest BCUT2D eigenvalue weighted by Crippen LogP contribution is -2.43. The number of benzene rings is 1. The predicted octanol–water partition coefficient (Wildman–Crippen LogP) is 3.89. The number of hydrogen-bond acceptors (Lipinski definition) is 4. The molecule has 2 rings (SSSR count). The van der Waals surface area contributed by atoms with E-state index in [4.69, 9.17) is 30.9 Å². The molecule has 3 atom stereocenters. The standard InChI is InChI=1S/C15H23N3.2C2HF3O2/c1-11(16)15(12-7-3-2-4-8-12)13-9-5-6-10-14(17)18-13;2*3-2(4,5)1(6)7/h2-4,7-8,11,13,15H,5-6,9-10,16H2,1H3,(H2,17,18);2*(H,6,7). The molecule has 3 unspecified atom stereocenters. The third kappa shape index (κ3) is 11.5. The monoisotopic (exact) mass is 473 g/mol. The van der Waals surface area contributed by atoms with Gasteiger partial charge in [-0.05, 0) is 25.3 Å². The third-order valence-electron chi connectivity index (χ3n) is 4.22. The Labute approximate surface area is 180 Å². The lowest BCUT2D eigenvalue weighted by Gasteiger charge is -2.31. The summed E-state index contributed by atoms with van der Waals surface area (Å²) in [4.78, 5) is 17.8. The molecule has 6 N–H and O–H groups in total. The van der Waals surface area contributed by atoms with Crippen molar-refractivity contribution in [3.05, 3.63) is 35.9 Å². The minimum Gasteiger partial charge on any atom is -0.475 e. The van der Waals surface area contributed by atoms with Crippen LogP contribution in [0.1, 0.15) is 44.1 Å². The maximum Gasteiger partial charge on any atom is 0.490 e. The maximum atomic E-state index is 10.6. The van der Waals surface area contributed by atoms with E-state index in [9.17, 15) is 26.3 Å². The van der Waals surface area contributed by atoms with E-state index in [-0.39, 0.29) is 12.0 Å². The number of alkyl halides is 6. The Morgan fingerprint density at radius 1 is 1.03 bits per heavy atom. The Bertz CT molecular complexity index is 715. The Morgan fingerprint density at radius 3 is 1.84 bits per heavy atom. The fourth-order valence-electron chi connectivity index (χ4n) is 2.88. The van der Waals surface area contributed by atoms with Gasteiger partial charge in [-0.1, -0.05) is 36.8 Å². The second-order valence-corrected chi connectivity index (χ2v) is 6.88. The zero-order valence-corrected chi connectivity index (χ0v) is 17.0. The van der Waals surface area contributed by atoms with Crippen molar-refractivity contribution in [2.75, 3.05) is 0 Å². The van der Waals surface area contributed by atoms with Gasteiger partial charge in [-0.2, -0.15) is 26.3 Å². The number of carboxylic acids is 2. The summed E-state index contributed by atoms with van der Waals surface area (Å²) in [5, 5.41) is 25.5. The molecule has 1 fully saturated rings. The Hall–Kier alpha value is -2.83. The molecule has 182 valence electrons. The van der Waals surface area contributed by atoms with Crippen LogP contribution in [0.25, 0.3) is 0 Å². The van der Waals surface area contributed by atoms with Crippen LogP contribution >= 0.6 is 0 Å². The molecule has 32 heavy (non-hydrogen) atoms. The maximum absolute atomic E-state index is 10.6. The lowest BCUT2D eigenvalue weighted by atomic mass is 9.84. The topological polar surface area (TPSA) is 136 Å². The smallest absolute Gasteiger partial charge is 0.475 e. The summed E-state index contributed by atoms with van der Waals surface area (Å²) in [7, 11) is 0. The van der Waals surface area contributed by atoms with Gasteiger partial charge in [0.1, 0.15) is 0 Å². The van der Waals surface area contributed by atoms with Crippen LogP contribution in [0.15, 0.2) is 30.3 Å². The van der Waals surface area contributed by atoms with Crippen LogP contribution < -0.4 is 11.1 Å². The zero-order chi connectivity index (χ0) is 25.1. The highest BCUT2D eigenvalue weighted by molar-refractivity contribution is 5.79. The zero-order valence-electron chi connectivity index (χ0n) is 17.0. The number of nitrogens with two attached hydrogens (primary N) is 1. The van der Waals surface area contributed by atoms with E-state index in [0.717, 1.165) is 19.3 Å². The highest BCUT2D eigenvalue weighted by Gasteiger charge is 2.38. The molecule has 0 aliphatic carbocycles. The van der Waals surface area contributed by atoms with Gasteiger partial charge >= 0.3 is 24.3 Å². The number of hydrogen-bond donors (Lipinski definition) is 5. The molecule has 0 spiro atoms.